The van der Waals surface area contributed by atoms with Crippen LogP contribution in [0.1, 0.15) is 17.3 Å². The zero-order chi connectivity index (χ0) is 9.52. The van der Waals surface area contributed by atoms with Crippen molar-refractivity contribution in [2.24, 2.45) is 4.99 Å². The predicted octanol–water partition coefficient (Wildman–Crippen LogP) is 2.47. The smallest absolute Gasteiger partial charge is 0.267 e. The van der Waals surface area contributed by atoms with Gasteiger partial charge in [0.15, 0.2) is 0 Å². The Labute approximate surface area is 77.6 Å². The van der Waals surface area contributed by atoms with Crippen molar-refractivity contribution < 1.29 is 4.79 Å². The van der Waals surface area contributed by atoms with E-state index in [1.165, 1.54) is 6.21 Å². The molecule has 0 atom stereocenters. The van der Waals surface area contributed by atoms with Crippen molar-refractivity contribution in [2.45, 2.75) is 6.92 Å². The van der Waals surface area contributed by atoms with E-state index in [9.17, 15) is 4.79 Å². The summed E-state index contributed by atoms with van der Waals surface area (Å²) in [4.78, 5) is 15.0. The number of hydrogen-bond acceptors (Lipinski definition) is 1. The molecular weight excluding hydrogens is 162 g/mol. The Morgan fingerprint density at radius 3 is 2.62 bits per heavy atom. The summed E-state index contributed by atoms with van der Waals surface area (Å²) in [5.74, 6) is -0.210. The topological polar surface area (TPSA) is 29.4 Å². The van der Waals surface area contributed by atoms with Crippen LogP contribution in [0.25, 0.3) is 0 Å². The SMILES string of the molecule is C/C=C/C=NC(=O)c1ccccc1. The molecule has 0 unspecified atom stereocenters. The van der Waals surface area contributed by atoms with Crippen molar-refractivity contribution in [3.05, 3.63) is 48.0 Å². The van der Waals surface area contributed by atoms with Gasteiger partial charge in [0.2, 0.25) is 0 Å². The number of carbonyl (C=O) groups excluding carboxylic acids is 1. The monoisotopic (exact) mass is 173 g/mol. The molecule has 0 fully saturated rings. The van der Waals surface area contributed by atoms with Crippen LogP contribution in [0.5, 0.6) is 0 Å². The highest BCUT2D eigenvalue weighted by atomic mass is 16.1. The Balaban J connectivity index is 2.70. The molecule has 13 heavy (non-hydrogen) atoms. The van der Waals surface area contributed by atoms with Crippen molar-refractivity contribution in [3.63, 3.8) is 0 Å². The number of nitrogens with zero attached hydrogens (tertiary/aromatic N) is 1. The highest BCUT2D eigenvalue weighted by Crippen LogP contribution is 1.99. The van der Waals surface area contributed by atoms with E-state index < -0.39 is 0 Å². The maximum Gasteiger partial charge on any atom is 0.276 e. The van der Waals surface area contributed by atoms with E-state index in [4.69, 9.17) is 0 Å². The predicted molar refractivity (Wildman–Crippen MR) is 54.1 cm³/mol. The molecule has 0 aliphatic carbocycles. The third-order valence-electron chi connectivity index (χ3n) is 1.49. The number of aliphatic imine (C=N–C) groups is 1. The third kappa shape index (κ3) is 3.03. The second-order valence-corrected chi connectivity index (χ2v) is 2.48. The van der Waals surface area contributed by atoms with E-state index in [-0.39, 0.29) is 5.91 Å². The average molecular weight is 173 g/mol. The molecule has 1 aromatic rings. The number of amides is 1. The second-order valence-electron chi connectivity index (χ2n) is 2.48. The fourth-order valence-corrected chi connectivity index (χ4v) is 0.852. The van der Waals surface area contributed by atoms with Gasteiger partial charge in [-0.3, -0.25) is 4.79 Å². The summed E-state index contributed by atoms with van der Waals surface area (Å²) in [6, 6.07) is 8.99. The lowest BCUT2D eigenvalue weighted by atomic mass is 10.2. The van der Waals surface area contributed by atoms with Gasteiger partial charge in [0.25, 0.3) is 5.91 Å². The lowest BCUT2D eigenvalue weighted by molar-refractivity contribution is 0.100. The van der Waals surface area contributed by atoms with Crippen LogP contribution in [0.4, 0.5) is 0 Å². The van der Waals surface area contributed by atoms with Crippen LogP contribution in [-0.2, 0) is 0 Å². The molecule has 0 aliphatic rings. The third-order valence-corrected chi connectivity index (χ3v) is 1.49. The van der Waals surface area contributed by atoms with Crippen LogP contribution in [0.15, 0.2) is 47.5 Å². The van der Waals surface area contributed by atoms with Crippen LogP contribution >= 0.6 is 0 Å². The number of carbonyl (C=O) groups is 1. The standard InChI is InChI=1S/C11H11NO/c1-2-3-9-12-11(13)10-7-5-4-6-8-10/h2-9H,1H3/b3-2+,12-9?. The number of allylic oxidation sites excluding steroid dienone is 2. The van der Waals surface area contributed by atoms with Gasteiger partial charge in [-0.1, -0.05) is 24.3 Å². The molecule has 0 aliphatic heterocycles. The van der Waals surface area contributed by atoms with Crippen molar-refractivity contribution >= 4 is 12.1 Å². The van der Waals surface area contributed by atoms with Gasteiger partial charge in [-0.15, -0.1) is 0 Å². The highest BCUT2D eigenvalue weighted by Gasteiger charge is 1.98. The van der Waals surface area contributed by atoms with E-state index >= 15 is 0 Å². The summed E-state index contributed by atoms with van der Waals surface area (Å²) in [5, 5.41) is 0. The average Bonchev–Trinajstić information content (AvgIpc) is 2.19. The molecule has 0 saturated heterocycles. The molecule has 2 heteroatoms. The van der Waals surface area contributed by atoms with Gasteiger partial charge in [-0.2, -0.15) is 0 Å². The maximum atomic E-state index is 11.3. The molecule has 0 radical (unpaired) electrons. The van der Waals surface area contributed by atoms with Crippen molar-refractivity contribution in [3.8, 4) is 0 Å². The van der Waals surface area contributed by atoms with Gasteiger partial charge in [-0.25, -0.2) is 4.99 Å². The minimum absolute atomic E-state index is 0.210. The summed E-state index contributed by atoms with van der Waals surface area (Å²) in [6.07, 6.45) is 5.04. The number of rotatable bonds is 2. The molecular formula is C11H11NO. The fraction of sp³-hybridized carbons (Fsp3) is 0.0909. The fourth-order valence-electron chi connectivity index (χ4n) is 0.852. The lowest BCUT2D eigenvalue weighted by Crippen LogP contribution is -1.93. The normalized spacial score (nSPS) is 11.2. The van der Waals surface area contributed by atoms with Crippen LogP contribution in [0.2, 0.25) is 0 Å². The minimum Gasteiger partial charge on any atom is -0.267 e. The van der Waals surface area contributed by atoms with Crippen molar-refractivity contribution in [2.75, 3.05) is 0 Å². The van der Waals surface area contributed by atoms with Crippen LogP contribution < -0.4 is 0 Å². The minimum atomic E-state index is -0.210. The van der Waals surface area contributed by atoms with E-state index in [1.54, 1.807) is 18.2 Å². The quantitative estimate of drug-likeness (QED) is 0.632. The first kappa shape index (κ1) is 9.39. The largest absolute Gasteiger partial charge is 0.276 e. The van der Waals surface area contributed by atoms with Gasteiger partial charge >= 0.3 is 0 Å². The summed E-state index contributed by atoms with van der Waals surface area (Å²) in [5.41, 5.74) is 0.614. The van der Waals surface area contributed by atoms with Crippen molar-refractivity contribution in [1.29, 1.82) is 0 Å². The lowest BCUT2D eigenvalue weighted by Gasteiger charge is -1.91. The molecule has 0 N–H and O–H groups in total. The van der Waals surface area contributed by atoms with Gasteiger partial charge in [0, 0.05) is 11.8 Å². The Hall–Kier alpha value is -1.70. The molecule has 66 valence electrons. The first-order valence-electron chi connectivity index (χ1n) is 4.09. The summed E-state index contributed by atoms with van der Waals surface area (Å²) >= 11 is 0. The molecule has 1 rings (SSSR count). The Morgan fingerprint density at radius 1 is 1.31 bits per heavy atom. The molecule has 0 saturated carbocycles. The first-order chi connectivity index (χ1) is 6.34. The van der Waals surface area contributed by atoms with E-state index in [0.717, 1.165) is 0 Å². The molecule has 0 heterocycles. The maximum absolute atomic E-state index is 11.3. The van der Waals surface area contributed by atoms with Crippen LogP contribution in [-0.4, -0.2) is 12.1 Å². The van der Waals surface area contributed by atoms with Gasteiger partial charge in [0.05, 0.1) is 0 Å². The Kier molecular flexibility index (Phi) is 3.64. The van der Waals surface area contributed by atoms with Gasteiger partial charge in [-0.05, 0) is 25.1 Å². The van der Waals surface area contributed by atoms with E-state index in [2.05, 4.69) is 4.99 Å². The number of benzene rings is 1. The molecule has 1 aromatic carbocycles. The zero-order valence-corrected chi connectivity index (χ0v) is 7.47. The highest BCUT2D eigenvalue weighted by molar-refractivity contribution is 6.00. The molecule has 1 amide bonds. The Morgan fingerprint density at radius 2 is 2.00 bits per heavy atom. The van der Waals surface area contributed by atoms with Crippen LogP contribution in [0.3, 0.4) is 0 Å². The first-order valence-corrected chi connectivity index (χ1v) is 4.09. The molecule has 0 aromatic heterocycles. The zero-order valence-electron chi connectivity index (χ0n) is 7.47. The van der Waals surface area contributed by atoms with Gasteiger partial charge < -0.3 is 0 Å². The van der Waals surface area contributed by atoms with E-state index in [1.807, 2.05) is 31.2 Å². The summed E-state index contributed by atoms with van der Waals surface area (Å²) in [7, 11) is 0. The number of hydrogen-bond donors (Lipinski definition) is 0. The van der Waals surface area contributed by atoms with Crippen LogP contribution in [0, 0.1) is 0 Å². The molecule has 0 bridgehead atoms. The van der Waals surface area contributed by atoms with Gasteiger partial charge in [0.1, 0.15) is 0 Å². The second kappa shape index (κ2) is 5.04. The summed E-state index contributed by atoms with van der Waals surface area (Å²) < 4.78 is 0. The molecule has 2 nitrogen and oxygen atoms in total. The van der Waals surface area contributed by atoms with E-state index in [0.29, 0.717) is 5.56 Å². The van der Waals surface area contributed by atoms with Crippen molar-refractivity contribution in [1.82, 2.24) is 0 Å². The Bertz CT molecular complexity index is 325. The summed E-state index contributed by atoms with van der Waals surface area (Å²) in [6.45, 7) is 1.87. The molecule has 0 spiro atoms.